The van der Waals surface area contributed by atoms with Gasteiger partial charge in [-0.1, -0.05) is 18.2 Å². The number of amides is 1. The Bertz CT molecular complexity index is 1170. The van der Waals surface area contributed by atoms with E-state index in [2.05, 4.69) is 10.0 Å². The molecule has 0 aliphatic rings. The van der Waals surface area contributed by atoms with Gasteiger partial charge in [-0.3, -0.25) is 9.52 Å². The second kappa shape index (κ2) is 9.74. The minimum Gasteiger partial charge on any atom is -0.497 e. The molecule has 1 amide bonds. The van der Waals surface area contributed by atoms with Crippen molar-refractivity contribution < 1.29 is 22.7 Å². The van der Waals surface area contributed by atoms with E-state index in [1.165, 1.54) is 24.3 Å². The number of nitrogens with one attached hydrogen (secondary N) is 2. The molecule has 32 heavy (non-hydrogen) atoms. The summed E-state index contributed by atoms with van der Waals surface area (Å²) >= 11 is 0. The molecule has 2 N–H and O–H groups in total. The molecule has 0 bridgehead atoms. The Hall–Kier alpha value is -3.52. The van der Waals surface area contributed by atoms with Gasteiger partial charge in [0, 0.05) is 5.69 Å². The molecule has 0 spiro atoms. The Labute approximate surface area is 188 Å². The van der Waals surface area contributed by atoms with E-state index in [0.29, 0.717) is 22.9 Å². The van der Waals surface area contributed by atoms with Crippen molar-refractivity contribution in [3.05, 3.63) is 77.9 Å². The Morgan fingerprint density at radius 1 is 0.875 bits per heavy atom. The quantitative estimate of drug-likeness (QED) is 0.522. The molecule has 7 nitrogen and oxygen atoms in total. The normalized spacial score (nSPS) is 12.0. The fraction of sp³-hybridized carbons (Fsp3) is 0.208. The molecule has 3 aromatic rings. The molecule has 8 heteroatoms. The number of hydrogen-bond acceptors (Lipinski definition) is 5. The number of sulfonamides is 1. The van der Waals surface area contributed by atoms with Gasteiger partial charge in [0.1, 0.15) is 11.5 Å². The molecule has 3 rings (SSSR count). The predicted molar refractivity (Wildman–Crippen MR) is 125 cm³/mol. The number of carbonyl (C=O) groups is 1. The lowest BCUT2D eigenvalue weighted by molar-refractivity contribution is -0.122. The summed E-state index contributed by atoms with van der Waals surface area (Å²) in [5.74, 6) is 0.870. The van der Waals surface area contributed by atoms with Crippen molar-refractivity contribution in [2.24, 2.45) is 0 Å². The van der Waals surface area contributed by atoms with E-state index >= 15 is 0 Å². The molecule has 0 aliphatic heterocycles. The molecule has 0 unspecified atom stereocenters. The van der Waals surface area contributed by atoms with Crippen molar-refractivity contribution in [3.63, 3.8) is 0 Å². The summed E-state index contributed by atoms with van der Waals surface area (Å²) in [6.07, 6.45) is -0.752. The number of para-hydroxylation sites is 1. The zero-order valence-corrected chi connectivity index (χ0v) is 19.2. The number of anilines is 2. The fourth-order valence-corrected chi connectivity index (χ4v) is 4.24. The Balaban J connectivity index is 1.64. The number of benzene rings is 3. The third-order valence-electron chi connectivity index (χ3n) is 4.89. The molecule has 0 saturated heterocycles. The van der Waals surface area contributed by atoms with E-state index in [-0.39, 0.29) is 10.8 Å². The maximum absolute atomic E-state index is 12.8. The topological polar surface area (TPSA) is 93.7 Å². The molecular weight excluding hydrogens is 428 g/mol. The summed E-state index contributed by atoms with van der Waals surface area (Å²) < 4.78 is 38.9. The minimum absolute atomic E-state index is 0.0979. The lowest BCUT2D eigenvalue weighted by Gasteiger charge is -2.16. The molecular formula is C24H26N2O5S. The van der Waals surface area contributed by atoms with E-state index in [1.807, 2.05) is 32.0 Å². The molecule has 0 aromatic heterocycles. The van der Waals surface area contributed by atoms with Crippen LogP contribution in [0.5, 0.6) is 11.5 Å². The van der Waals surface area contributed by atoms with Crippen molar-refractivity contribution in [1.82, 2.24) is 0 Å². The van der Waals surface area contributed by atoms with E-state index in [1.54, 1.807) is 38.3 Å². The number of methoxy groups -OCH3 is 1. The maximum atomic E-state index is 12.8. The number of carbonyl (C=O) groups excluding carboxylic acids is 1. The highest BCUT2D eigenvalue weighted by Crippen LogP contribution is 2.24. The van der Waals surface area contributed by atoms with Crippen LogP contribution in [0.25, 0.3) is 0 Å². The van der Waals surface area contributed by atoms with Crippen LogP contribution in [0, 0.1) is 13.8 Å². The minimum atomic E-state index is -3.76. The van der Waals surface area contributed by atoms with Crippen molar-refractivity contribution >= 4 is 27.3 Å². The SMILES string of the molecule is COc1ccc(O[C@@H](C)C(=O)Nc2ccc(S(=O)(=O)Nc3c(C)cccc3C)cc2)cc1. The number of hydrogen-bond donors (Lipinski definition) is 2. The van der Waals surface area contributed by atoms with Crippen LogP contribution in [0.3, 0.4) is 0 Å². The van der Waals surface area contributed by atoms with Crippen LogP contribution in [0.1, 0.15) is 18.1 Å². The smallest absolute Gasteiger partial charge is 0.265 e. The molecule has 168 valence electrons. The third-order valence-corrected chi connectivity index (χ3v) is 6.26. The first kappa shape index (κ1) is 23.1. The van der Waals surface area contributed by atoms with Gasteiger partial charge in [0.05, 0.1) is 17.7 Å². The van der Waals surface area contributed by atoms with Gasteiger partial charge in [-0.25, -0.2) is 8.42 Å². The number of rotatable bonds is 8. The molecule has 0 fully saturated rings. The van der Waals surface area contributed by atoms with Crippen molar-refractivity contribution in [2.75, 3.05) is 17.1 Å². The number of aryl methyl sites for hydroxylation is 2. The maximum Gasteiger partial charge on any atom is 0.265 e. The summed E-state index contributed by atoms with van der Waals surface area (Å²) in [6.45, 7) is 5.32. The van der Waals surface area contributed by atoms with Crippen LogP contribution in [0.15, 0.2) is 71.6 Å². The first-order valence-corrected chi connectivity index (χ1v) is 11.5. The highest BCUT2D eigenvalue weighted by Gasteiger charge is 2.18. The lowest BCUT2D eigenvalue weighted by Crippen LogP contribution is -2.30. The van der Waals surface area contributed by atoms with Crippen LogP contribution < -0.4 is 19.5 Å². The van der Waals surface area contributed by atoms with Gasteiger partial charge in [-0.05, 0) is 80.4 Å². The highest BCUT2D eigenvalue weighted by atomic mass is 32.2. The zero-order valence-electron chi connectivity index (χ0n) is 18.4. The Morgan fingerprint density at radius 3 is 2.00 bits per heavy atom. The van der Waals surface area contributed by atoms with E-state index in [9.17, 15) is 13.2 Å². The van der Waals surface area contributed by atoms with Crippen LogP contribution in [-0.4, -0.2) is 27.5 Å². The summed E-state index contributed by atoms with van der Waals surface area (Å²) in [5.41, 5.74) is 2.70. The summed E-state index contributed by atoms with van der Waals surface area (Å²) in [6, 6.07) is 18.4. The molecule has 0 radical (unpaired) electrons. The fourth-order valence-electron chi connectivity index (χ4n) is 3.04. The average Bonchev–Trinajstić information content (AvgIpc) is 2.77. The van der Waals surface area contributed by atoms with Crippen LogP contribution >= 0.6 is 0 Å². The van der Waals surface area contributed by atoms with Gasteiger partial charge in [-0.15, -0.1) is 0 Å². The Morgan fingerprint density at radius 2 is 1.44 bits per heavy atom. The molecule has 0 saturated carbocycles. The molecule has 3 aromatic carbocycles. The summed E-state index contributed by atoms with van der Waals surface area (Å²) in [5, 5.41) is 2.73. The molecule has 0 heterocycles. The predicted octanol–water partition coefficient (Wildman–Crippen LogP) is 4.52. The van der Waals surface area contributed by atoms with Crippen LogP contribution in [0.4, 0.5) is 11.4 Å². The van der Waals surface area contributed by atoms with Crippen molar-refractivity contribution in [3.8, 4) is 11.5 Å². The zero-order chi connectivity index (χ0) is 23.3. The molecule has 1 atom stereocenters. The average molecular weight is 455 g/mol. The standard InChI is InChI=1S/C24H26N2O5S/c1-16-6-5-7-17(2)23(16)26-32(28,29)22-14-8-19(9-15-22)25-24(27)18(3)31-21-12-10-20(30-4)11-13-21/h5-15,18,26H,1-4H3,(H,25,27)/t18-/m0/s1. The van der Waals surface area contributed by atoms with Crippen molar-refractivity contribution in [2.45, 2.75) is 31.8 Å². The van der Waals surface area contributed by atoms with Crippen LogP contribution in [0.2, 0.25) is 0 Å². The van der Waals surface area contributed by atoms with Crippen LogP contribution in [-0.2, 0) is 14.8 Å². The molecule has 0 aliphatic carbocycles. The lowest BCUT2D eigenvalue weighted by atomic mass is 10.1. The third kappa shape index (κ3) is 5.59. The van der Waals surface area contributed by atoms with E-state index < -0.39 is 16.1 Å². The van der Waals surface area contributed by atoms with Crippen molar-refractivity contribution in [1.29, 1.82) is 0 Å². The number of ether oxygens (including phenoxy) is 2. The van der Waals surface area contributed by atoms with Gasteiger partial charge < -0.3 is 14.8 Å². The first-order chi connectivity index (χ1) is 15.2. The largest absolute Gasteiger partial charge is 0.497 e. The monoisotopic (exact) mass is 454 g/mol. The summed E-state index contributed by atoms with van der Waals surface area (Å²) in [7, 11) is -2.19. The van der Waals surface area contributed by atoms with Gasteiger partial charge in [0.15, 0.2) is 6.10 Å². The highest BCUT2D eigenvalue weighted by molar-refractivity contribution is 7.92. The summed E-state index contributed by atoms with van der Waals surface area (Å²) in [4.78, 5) is 12.5. The van der Waals surface area contributed by atoms with Gasteiger partial charge in [0.25, 0.3) is 15.9 Å². The van der Waals surface area contributed by atoms with Gasteiger partial charge in [0.2, 0.25) is 0 Å². The first-order valence-electron chi connectivity index (χ1n) is 10.0. The van der Waals surface area contributed by atoms with E-state index in [4.69, 9.17) is 9.47 Å². The van der Waals surface area contributed by atoms with E-state index in [0.717, 1.165) is 11.1 Å². The Kier molecular flexibility index (Phi) is 7.05. The second-order valence-corrected chi connectivity index (χ2v) is 9.00. The van der Waals surface area contributed by atoms with Gasteiger partial charge >= 0.3 is 0 Å². The second-order valence-electron chi connectivity index (χ2n) is 7.32. The van der Waals surface area contributed by atoms with Gasteiger partial charge in [-0.2, -0.15) is 0 Å².